The van der Waals surface area contributed by atoms with E-state index in [1.807, 2.05) is 78.6 Å². The Labute approximate surface area is 176 Å². The summed E-state index contributed by atoms with van der Waals surface area (Å²) in [6.07, 6.45) is 1.57. The molecular weight excluding hydrogens is 388 g/mol. The van der Waals surface area contributed by atoms with Crippen LogP contribution in [0.2, 0.25) is 0 Å². The van der Waals surface area contributed by atoms with Crippen LogP contribution in [0.15, 0.2) is 66.9 Å². The molecule has 1 atom stereocenters. The molecule has 1 unspecified atom stereocenters. The number of rotatable bonds is 5. The molecule has 0 aliphatic carbocycles. The van der Waals surface area contributed by atoms with E-state index in [-0.39, 0.29) is 18.3 Å². The van der Waals surface area contributed by atoms with E-state index >= 15 is 0 Å². The van der Waals surface area contributed by atoms with Gasteiger partial charge in [0.15, 0.2) is 0 Å². The van der Waals surface area contributed by atoms with Crippen LogP contribution >= 0.6 is 12.4 Å². The van der Waals surface area contributed by atoms with Gasteiger partial charge in [0.1, 0.15) is 6.10 Å². The number of nitrogens with one attached hydrogen (secondary N) is 1. The third-order valence-electron chi connectivity index (χ3n) is 4.84. The molecule has 152 valence electrons. The van der Waals surface area contributed by atoms with Crippen molar-refractivity contribution < 1.29 is 9.53 Å². The second-order valence-electron chi connectivity index (χ2n) is 6.91. The van der Waals surface area contributed by atoms with Gasteiger partial charge < -0.3 is 15.0 Å². The van der Waals surface area contributed by atoms with E-state index in [0.29, 0.717) is 19.7 Å². The van der Waals surface area contributed by atoms with E-state index in [1.54, 1.807) is 4.90 Å². The molecule has 1 fully saturated rings. The highest BCUT2D eigenvalue weighted by molar-refractivity contribution is 5.85. The summed E-state index contributed by atoms with van der Waals surface area (Å²) in [5.74, 6) is -0.0151. The molecular formula is C22H25ClN4O2. The van der Waals surface area contributed by atoms with Gasteiger partial charge in [-0.2, -0.15) is 5.10 Å². The summed E-state index contributed by atoms with van der Waals surface area (Å²) in [6, 6.07) is 20.0. The minimum absolute atomic E-state index is 0. The van der Waals surface area contributed by atoms with Crippen LogP contribution in [0, 0.1) is 0 Å². The minimum atomic E-state index is -0.428. The standard InChI is InChI=1S/C22H24N4O2.ClH/c1-25(22(27)20-14-23-12-13-28-20)15-18-16-26(19-10-6-3-7-11-19)24-21(18)17-8-4-2-5-9-17;/h2-11,16,20,23H,12-15H2,1H3;1H. The third kappa shape index (κ3) is 4.85. The van der Waals surface area contributed by atoms with Crippen LogP contribution in [-0.2, 0) is 16.1 Å². The number of carbonyl (C=O) groups excluding carboxylic acids is 1. The van der Waals surface area contributed by atoms with Crippen molar-refractivity contribution in [3.8, 4) is 16.9 Å². The molecule has 7 heteroatoms. The van der Waals surface area contributed by atoms with Crippen LogP contribution in [0.1, 0.15) is 5.56 Å². The first-order valence-electron chi connectivity index (χ1n) is 9.49. The van der Waals surface area contributed by atoms with Crippen LogP contribution < -0.4 is 5.32 Å². The highest BCUT2D eigenvalue weighted by Crippen LogP contribution is 2.25. The van der Waals surface area contributed by atoms with Crippen LogP contribution in [0.5, 0.6) is 0 Å². The molecule has 0 saturated carbocycles. The molecule has 4 rings (SSSR count). The van der Waals surface area contributed by atoms with Crippen molar-refractivity contribution in [2.45, 2.75) is 12.6 Å². The van der Waals surface area contributed by atoms with E-state index in [2.05, 4.69) is 5.32 Å². The molecule has 1 aromatic heterocycles. The maximum atomic E-state index is 12.8. The Morgan fingerprint density at radius 1 is 1.17 bits per heavy atom. The Hall–Kier alpha value is -2.67. The number of nitrogens with zero attached hydrogens (tertiary/aromatic N) is 3. The number of hydrogen-bond donors (Lipinski definition) is 1. The fourth-order valence-corrected chi connectivity index (χ4v) is 3.38. The number of hydrogen-bond acceptors (Lipinski definition) is 4. The fraction of sp³-hybridized carbons (Fsp3) is 0.273. The second-order valence-corrected chi connectivity index (χ2v) is 6.91. The molecule has 1 N–H and O–H groups in total. The van der Waals surface area contributed by atoms with E-state index < -0.39 is 6.10 Å². The van der Waals surface area contributed by atoms with E-state index in [4.69, 9.17) is 9.84 Å². The number of morpholine rings is 1. The van der Waals surface area contributed by atoms with Crippen molar-refractivity contribution in [2.24, 2.45) is 0 Å². The monoisotopic (exact) mass is 412 g/mol. The first kappa shape index (κ1) is 21.0. The summed E-state index contributed by atoms with van der Waals surface area (Å²) >= 11 is 0. The predicted molar refractivity (Wildman–Crippen MR) is 115 cm³/mol. The first-order chi connectivity index (χ1) is 13.7. The average Bonchev–Trinajstić information content (AvgIpc) is 3.19. The Kier molecular flexibility index (Phi) is 7.04. The summed E-state index contributed by atoms with van der Waals surface area (Å²) in [7, 11) is 1.81. The zero-order valence-corrected chi connectivity index (χ0v) is 17.1. The van der Waals surface area contributed by atoms with Crippen molar-refractivity contribution >= 4 is 18.3 Å². The summed E-state index contributed by atoms with van der Waals surface area (Å²) in [6.45, 7) is 2.37. The van der Waals surface area contributed by atoms with Gasteiger partial charge in [0.05, 0.1) is 18.0 Å². The number of benzene rings is 2. The number of likely N-dealkylation sites (N-methyl/N-ethyl adjacent to an activating group) is 1. The highest BCUT2D eigenvalue weighted by atomic mass is 35.5. The van der Waals surface area contributed by atoms with Crippen LogP contribution in [0.4, 0.5) is 0 Å². The summed E-state index contributed by atoms with van der Waals surface area (Å²) < 4.78 is 7.48. The SMILES string of the molecule is CN(Cc1cn(-c2ccccc2)nc1-c1ccccc1)C(=O)C1CNCCO1.Cl. The lowest BCUT2D eigenvalue weighted by Crippen LogP contribution is -2.48. The number of halogens is 1. The van der Waals surface area contributed by atoms with Gasteiger partial charge in [0.25, 0.3) is 5.91 Å². The zero-order valence-electron chi connectivity index (χ0n) is 16.3. The van der Waals surface area contributed by atoms with E-state index in [0.717, 1.165) is 29.1 Å². The van der Waals surface area contributed by atoms with Gasteiger partial charge in [0.2, 0.25) is 0 Å². The van der Waals surface area contributed by atoms with Gasteiger partial charge in [-0.25, -0.2) is 4.68 Å². The molecule has 3 aromatic rings. The Morgan fingerprint density at radius 2 is 1.86 bits per heavy atom. The fourth-order valence-electron chi connectivity index (χ4n) is 3.38. The molecule has 0 bridgehead atoms. The number of ether oxygens (including phenoxy) is 1. The lowest BCUT2D eigenvalue weighted by atomic mass is 10.1. The molecule has 1 saturated heterocycles. The zero-order chi connectivity index (χ0) is 19.3. The number of amides is 1. The van der Waals surface area contributed by atoms with Crippen molar-refractivity contribution in [3.63, 3.8) is 0 Å². The highest BCUT2D eigenvalue weighted by Gasteiger charge is 2.26. The van der Waals surface area contributed by atoms with Gasteiger partial charge in [0, 0.05) is 44.0 Å². The Balaban J connectivity index is 0.00000240. The van der Waals surface area contributed by atoms with Crippen molar-refractivity contribution in [1.29, 1.82) is 0 Å². The largest absolute Gasteiger partial charge is 0.366 e. The molecule has 2 aromatic carbocycles. The maximum absolute atomic E-state index is 12.8. The Bertz CT molecular complexity index is 925. The van der Waals surface area contributed by atoms with Gasteiger partial charge in [-0.1, -0.05) is 48.5 Å². The third-order valence-corrected chi connectivity index (χ3v) is 4.84. The molecule has 2 heterocycles. The number of carbonyl (C=O) groups is 1. The predicted octanol–water partition coefficient (Wildman–Crippen LogP) is 2.91. The first-order valence-corrected chi connectivity index (χ1v) is 9.49. The molecule has 6 nitrogen and oxygen atoms in total. The molecule has 1 amide bonds. The van der Waals surface area contributed by atoms with Crippen molar-refractivity contribution in [1.82, 2.24) is 20.0 Å². The number of aromatic nitrogens is 2. The molecule has 0 spiro atoms. The molecule has 1 aliphatic rings. The quantitative estimate of drug-likeness (QED) is 0.700. The summed E-state index contributed by atoms with van der Waals surface area (Å²) in [5, 5.41) is 8.02. The van der Waals surface area contributed by atoms with Crippen LogP contribution in [-0.4, -0.2) is 53.4 Å². The van der Waals surface area contributed by atoms with E-state index in [1.165, 1.54) is 0 Å². The number of para-hydroxylation sites is 1. The van der Waals surface area contributed by atoms with E-state index in [9.17, 15) is 4.79 Å². The van der Waals surface area contributed by atoms with Crippen molar-refractivity contribution in [2.75, 3.05) is 26.7 Å². The van der Waals surface area contributed by atoms with Gasteiger partial charge in [-0.3, -0.25) is 4.79 Å². The smallest absolute Gasteiger partial charge is 0.253 e. The minimum Gasteiger partial charge on any atom is -0.366 e. The normalized spacial score (nSPS) is 16.1. The lowest BCUT2D eigenvalue weighted by molar-refractivity contribution is -0.144. The molecule has 1 aliphatic heterocycles. The van der Waals surface area contributed by atoms with Gasteiger partial charge in [-0.15, -0.1) is 12.4 Å². The summed E-state index contributed by atoms with van der Waals surface area (Å²) in [4.78, 5) is 14.5. The van der Waals surface area contributed by atoms with Crippen molar-refractivity contribution in [3.05, 3.63) is 72.4 Å². The second kappa shape index (κ2) is 9.69. The van der Waals surface area contributed by atoms with Crippen LogP contribution in [0.25, 0.3) is 16.9 Å². The molecule has 29 heavy (non-hydrogen) atoms. The van der Waals surface area contributed by atoms with Gasteiger partial charge in [-0.05, 0) is 12.1 Å². The molecule has 0 radical (unpaired) electrons. The Morgan fingerprint density at radius 3 is 2.52 bits per heavy atom. The maximum Gasteiger partial charge on any atom is 0.253 e. The average molecular weight is 413 g/mol. The topological polar surface area (TPSA) is 59.4 Å². The summed E-state index contributed by atoms with van der Waals surface area (Å²) in [5.41, 5.74) is 3.89. The van der Waals surface area contributed by atoms with Gasteiger partial charge >= 0.3 is 0 Å². The lowest BCUT2D eigenvalue weighted by Gasteiger charge is -2.27. The van der Waals surface area contributed by atoms with Crippen LogP contribution in [0.3, 0.4) is 0 Å².